The van der Waals surface area contributed by atoms with Gasteiger partial charge in [0, 0.05) is 19.1 Å². The smallest absolute Gasteiger partial charge is 0.224 e. The SMILES string of the molecule is COCC1(CNC(=O)Cc2ccc(-n3cnnn3)cc2)CCNCC1.Cl. The van der Waals surface area contributed by atoms with Crippen molar-refractivity contribution < 1.29 is 9.53 Å². The van der Waals surface area contributed by atoms with Gasteiger partial charge in [-0.05, 0) is 54.1 Å². The molecular weight excluding hydrogens is 356 g/mol. The standard InChI is InChI=1S/C17H24N6O2.ClH/c1-25-12-17(6-8-18-9-7-17)11-19-16(24)10-14-2-4-15(5-3-14)23-13-20-21-22-23;/h2-5,13,18H,6-12H2,1H3,(H,19,24);1H. The molecular formula is C17H25ClN6O2. The van der Waals surface area contributed by atoms with Gasteiger partial charge in [-0.1, -0.05) is 12.1 Å². The minimum absolute atomic E-state index is 0. The van der Waals surface area contributed by atoms with Crippen molar-refractivity contribution in [1.29, 1.82) is 0 Å². The molecule has 142 valence electrons. The molecule has 0 radical (unpaired) electrons. The average Bonchev–Trinajstić information content (AvgIpc) is 3.17. The van der Waals surface area contributed by atoms with Crippen molar-refractivity contribution in [1.82, 2.24) is 30.8 Å². The summed E-state index contributed by atoms with van der Waals surface area (Å²) in [5, 5.41) is 17.5. The lowest BCUT2D eigenvalue weighted by Crippen LogP contribution is -2.47. The van der Waals surface area contributed by atoms with Gasteiger partial charge in [-0.15, -0.1) is 17.5 Å². The van der Waals surface area contributed by atoms with E-state index in [0.29, 0.717) is 19.6 Å². The van der Waals surface area contributed by atoms with Crippen molar-refractivity contribution in [3.63, 3.8) is 0 Å². The van der Waals surface area contributed by atoms with E-state index in [-0.39, 0.29) is 23.7 Å². The molecule has 0 atom stereocenters. The maximum atomic E-state index is 12.3. The second-order valence-electron chi connectivity index (χ2n) is 6.56. The van der Waals surface area contributed by atoms with E-state index in [1.54, 1.807) is 11.8 Å². The number of nitrogens with one attached hydrogen (secondary N) is 2. The summed E-state index contributed by atoms with van der Waals surface area (Å²) in [6.45, 7) is 3.27. The Hall–Kier alpha value is -2.03. The number of halogens is 1. The molecule has 1 aliphatic heterocycles. The van der Waals surface area contributed by atoms with Crippen LogP contribution in [-0.2, 0) is 16.0 Å². The maximum absolute atomic E-state index is 12.3. The van der Waals surface area contributed by atoms with Crippen molar-refractivity contribution in [2.45, 2.75) is 19.3 Å². The number of rotatable bonds is 7. The number of carbonyl (C=O) groups excluding carboxylic acids is 1. The first-order valence-electron chi connectivity index (χ1n) is 8.49. The van der Waals surface area contributed by atoms with E-state index >= 15 is 0 Å². The summed E-state index contributed by atoms with van der Waals surface area (Å²) in [6.07, 6.45) is 3.93. The minimum Gasteiger partial charge on any atom is -0.384 e. The number of carbonyl (C=O) groups is 1. The molecule has 9 heteroatoms. The van der Waals surface area contributed by atoms with Crippen LogP contribution in [0.5, 0.6) is 0 Å². The Morgan fingerprint density at radius 1 is 1.31 bits per heavy atom. The van der Waals surface area contributed by atoms with Crippen LogP contribution in [0.25, 0.3) is 5.69 Å². The number of hydrogen-bond donors (Lipinski definition) is 2. The Balaban J connectivity index is 0.00000243. The highest BCUT2D eigenvalue weighted by atomic mass is 35.5. The molecule has 26 heavy (non-hydrogen) atoms. The van der Waals surface area contributed by atoms with E-state index in [1.807, 2.05) is 24.3 Å². The molecule has 1 fully saturated rings. The predicted molar refractivity (Wildman–Crippen MR) is 99.5 cm³/mol. The molecule has 0 bridgehead atoms. The van der Waals surface area contributed by atoms with Gasteiger partial charge in [0.25, 0.3) is 0 Å². The molecule has 1 aromatic carbocycles. The number of benzene rings is 1. The van der Waals surface area contributed by atoms with Gasteiger partial charge >= 0.3 is 0 Å². The lowest BCUT2D eigenvalue weighted by atomic mass is 9.79. The first-order valence-corrected chi connectivity index (χ1v) is 8.49. The lowest BCUT2D eigenvalue weighted by molar-refractivity contribution is -0.121. The average molecular weight is 381 g/mol. The van der Waals surface area contributed by atoms with Crippen LogP contribution in [0.2, 0.25) is 0 Å². The van der Waals surface area contributed by atoms with Gasteiger partial charge in [-0.3, -0.25) is 4.79 Å². The van der Waals surface area contributed by atoms with E-state index in [9.17, 15) is 4.79 Å². The number of piperidine rings is 1. The largest absolute Gasteiger partial charge is 0.384 e. The lowest BCUT2D eigenvalue weighted by Gasteiger charge is -2.37. The first-order chi connectivity index (χ1) is 12.2. The van der Waals surface area contributed by atoms with E-state index in [2.05, 4.69) is 26.2 Å². The van der Waals surface area contributed by atoms with Crippen LogP contribution >= 0.6 is 12.4 Å². The van der Waals surface area contributed by atoms with Gasteiger partial charge in [0.2, 0.25) is 5.91 Å². The number of aromatic nitrogens is 4. The number of nitrogens with zero attached hydrogens (tertiary/aromatic N) is 4. The fourth-order valence-corrected chi connectivity index (χ4v) is 3.22. The van der Waals surface area contributed by atoms with Gasteiger partial charge in [-0.25, -0.2) is 4.68 Å². The molecule has 0 unspecified atom stereocenters. The zero-order valence-electron chi connectivity index (χ0n) is 14.9. The first kappa shape index (κ1) is 20.3. The van der Waals surface area contributed by atoms with Crippen LogP contribution in [0.3, 0.4) is 0 Å². The number of amides is 1. The van der Waals surface area contributed by atoms with Crippen molar-refractivity contribution in [3.8, 4) is 5.69 Å². The quantitative estimate of drug-likeness (QED) is 0.736. The molecule has 1 aromatic heterocycles. The third-order valence-electron chi connectivity index (χ3n) is 4.69. The van der Waals surface area contributed by atoms with Crippen LogP contribution in [0.15, 0.2) is 30.6 Å². The summed E-state index contributed by atoms with van der Waals surface area (Å²) in [5.74, 6) is 0.0317. The second-order valence-corrected chi connectivity index (χ2v) is 6.56. The molecule has 0 spiro atoms. The van der Waals surface area contributed by atoms with E-state index in [0.717, 1.165) is 37.2 Å². The van der Waals surface area contributed by atoms with Crippen LogP contribution in [0.1, 0.15) is 18.4 Å². The summed E-state index contributed by atoms with van der Waals surface area (Å²) in [6, 6.07) is 7.65. The predicted octanol–water partition coefficient (Wildman–Crippen LogP) is 0.759. The second kappa shape index (κ2) is 9.61. The Bertz CT molecular complexity index is 666. The topological polar surface area (TPSA) is 94.0 Å². The van der Waals surface area contributed by atoms with E-state index in [1.165, 1.54) is 6.33 Å². The highest BCUT2D eigenvalue weighted by Crippen LogP contribution is 2.28. The van der Waals surface area contributed by atoms with Crippen LogP contribution in [0.4, 0.5) is 0 Å². The van der Waals surface area contributed by atoms with E-state index < -0.39 is 0 Å². The molecule has 0 aliphatic carbocycles. The monoisotopic (exact) mass is 380 g/mol. The summed E-state index contributed by atoms with van der Waals surface area (Å²) >= 11 is 0. The number of methoxy groups -OCH3 is 1. The van der Waals surface area contributed by atoms with Crippen molar-refractivity contribution in [3.05, 3.63) is 36.2 Å². The molecule has 1 saturated heterocycles. The van der Waals surface area contributed by atoms with Crippen molar-refractivity contribution in [2.75, 3.05) is 33.4 Å². The summed E-state index contributed by atoms with van der Waals surface area (Å²) in [5.41, 5.74) is 1.86. The Morgan fingerprint density at radius 2 is 2.04 bits per heavy atom. The van der Waals surface area contributed by atoms with E-state index in [4.69, 9.17) is 4.74 Å². The Labute approximate surface area is 159 Å². The third kappa shape index (κ3) is 5.23. The molecule has 1 amide bonds. The van der Waals surface area contributed by atoms with Crippen LogP contribution in [0, 0.1) is 5.41 Å². The summed E-state index contributed by atoms with van der Waals surface area (Å²) in [7, 11) is 1.72. The fraction of sp³-hybridized carbons (Fsp3) is 0.529. The van der Waals surface area contributed by atoms with Gasteiger partial charge < -0.3 is 15.4 Å². The van der Waals surface area contributed by atoms with Gasteiger partial charge in [0.15, 0.2) is 0 Å². The molecule has 0 saturated carbocycles. The number of ether oxygens (including phenoxy) is 1. The highest BCUT2D eigenvalue weighted by Gasteiger charge is 2.32. The normalized spacial score (nSPS) is 15.9. The number of hydrogen-bond acceptors (Lipinski definition) is 6. The Morgan fingerprint density at radius 3 is 2.65 bits per heavy atom. The molecule has 1 aliphatic rings. The minimum atomic E-state index is 0. The van der Waals surface area contributed by atoms with Crippen molar-refractivity contribution >= 4 is 18.3 Å². The van der Waals surface area contributed by atoms with Crippen LogP contribution in [-0.4, -0.2) is 59.5 Å². The highest BCUT2D eigenvalue weighted by molar-refractivity contribution is 5.85. The molecule has 2 aromatic rings. The molecule has 2 N–H and O–H groups in total. The third-order valence-corrected chi connectivity index (χ3v) is 4.69. The summed E-state index contributed by atoms with van der Waals surface area (Å²) < 4.78 is 6.97. The zero-order valence-corrected chi connectivity index (χ0v) is 15.7. The Kier molecular flexibility index (Phi) is 7.50. The van der Waals surface area contributed by atoms with Gasteiger partial charge in [0.1, 0.15) is 6.33 Å². The maximum Gasteiger partial charge on any atom is 0.224 e. The van der Waals surface area contributed by atoms with Gasteiger partial charge in [0.05, 0.1) is 18.7 Å². The van der Waals surface area contributed by atoms with Crippen molar-refractivity contribution in [2.24, 2.45) is 5.41 Å². The molecule has 3 rings (SSSR count). The van der Waals surface area contributed by atoms with Crippen LogP contribution < -0.4 is 10.6 Å². The molecule has 8 nitrogen and oxygen atoms in total. The number of tetrazole rings is 1. The fourth-order valence-electron chi connectivity index (χ4n) is 3.22. The van der Waals surface area contributed by atoms with Gasteiger partial charge in [-0.2, -0.15) is 0 Å². The zero-order chi connectivity index (χ0) is 17.5. The molecule has 2 heterocycles. The summed E-state index contributed by atoms with van der Waals surface area (Å²) in [4.78, 5) is 12.3.